The summed E-state index contributed by atoms with van der Waals surface area (Å²) in [6.07, 6.45) is -1.62. The standard InChI is InChI=1S/C17H12ClF4N7S/c18-11-2-1-3-12(19)10(11)8-28-7-5-14(27-28)23-16-25-24-15(30-16)9-29-6-4-13(26-29)17(20,21)22/h1-7H,8-9H2,(H,23,25,27). The summed E-state index contributed by atoms with van der Waals surface area (Å²) in [7, 11) is 0. The molecule has 4 aromatic rings. The van der Waals surface area contributed by atoms with Gasteiger partial charge in [-0.15, -0.1) is 10.2 Å². The lowest BCUT2D eigenvalue weighted by molar-refractivity contribution is -0.141. The first-order valence-corrected chi connectivity index (χ1v) is 9.64. The van der Waals surface area contributed by atoms with Crippen molar-refractivity contribution in [2.24, 2.45) is 0 Å². The zero-order valence-corrected chi connectivity index (χ0v) is 16.5. The molecule has 0 amide bonds. The Morgan fingerprint density at radius 2 is 1.77 bits per heavy atom. The van der Waals surface area contributed by atoms with Crippen LogP contribution >= 0.6 is 22.9 Å². The van der Waals surface area contributed by atoms with E-state index >= 15 is 0 Å². The molecule has 4 rings (SSSR count). The van der Waals surface area contributed by atoms with Gasteiger partial charge in [0.2, 0.25) is 5.13 Å². The van der Waals surface area contributed by atoms with Gasteiger partial charge in [-0.1, -0.05) is 29.0 Å². The van der Waals surface area contributed by atoms with Gasteiger partial charge in [-0.05, 0) is 18.2 Å². The first-order chi connectivity index (χ1) is 14.3. The van der Waals surface area contributed by atoms with E-state index in [-0.39, 0.29) is 13.1 Å². The second kappa shape index (κ2) is 8.03. The van der Waals surface area contributed by atoms with Crippen molar-refractivity contribution >= 4 is 33.9 Å². The summed E-state index contributed by atoms with van der Waals surface area (Å²) < 4.78 is 54.4. The number of hydrogen-bond donors (Lipinski definition) is 1. The summed E-state index contributed by atoms with van der Waals surface area (Å²) in [6.45, 7) is 0.199. The third-order valence-corrected chi connectivity index (χ3v) is 5.13. The molecule has 0 atom stereocenters. The maximum absolute atomic E-state index is 13.9. The molecular weight excluding hydrogens is 446 g/mol. The van der Waals surface area contributed by atoms with E-state index in [1.54, 1.807) is 18.3 Å². The van der Waals surface area contributed by atoms with Crippen LogP contribution in [-0.2, 0) is 19.3 Å². The normalized spacial score (nSPS) is 11.8. The number of alkyl halides is 3. The number of hydrogen-bond acceptors (Lipinski definition) is 6. The van der Waals surface area contributed by atoms with Gasteiger partial charge in [0.25, 0.3) is 0 Å². The van der Waals surface area contributed by atoms with Crippen LogP contribution in [-0.4, -0.2) is 29.8 Å². The smallest absolute Gasteiger partial charge is 0.313 e. The van der Waals surface area contributed by atoms with Crippen LogP contribution in [0.2, 0.25) is 5.02 Å². The quantitative estimate of drug-likeness (QED) is 0.429. The lowest BCUT2D eigenvalue weighted by atomic mass is 10.2. The number of anilines is 2. The van der Waals surface area contributed by atoms with Gasteiger partial charge in [-0.3, -0.25) is 9.36 Å². The summed E-state index contributed by atoms with van der Waals surface area (Å²) in [5, 5.41) is 19.8. The van der Waals surface area contributed by atoms with Crippen LogP contribution in [0.5, 0.6) is 0 Å². The van der Waals surface area contributed by atoms with Crippen LogP contribution in [0.4, 0.5) is 28.5 Å². The molecule has 0 aliphatic carbocycles. The van der Waals surface area contributed by atoms with Gasteiger partial charge in [-0.2, -0.15) is 23.4 Å². The molecule has 0 aliphatic heterocycles. The fraction of sp³-hybridized carbons (Fsp3) is 0.176. The average Bonchev–Trinajstić information content (AvgIpc) is 3.41. The lowest BCUT2D eigenvalue weighted by Crippen LogP contribution is -2.08. The Bertz CT molecular complexity index is 1150. The van der Waals surface area contributed by atoms with Gasteiger partial charge >= 0.3 is 6.18 Å². The fourth-order valence-electron chi connectivity index (χ4n) is 2.58. The molecule has 0 radical (unpaired) electrons. The summed E-state index contributed by atoms with van der Waals surface area (Å²) >= 11 is 7.18. The largest absolute Gasteiger partial charge is 0.435 e. The number of rotatable bonds is 6. The van der Waals surface area contributed by atoms with Crippen LogP contribution in [0.15, 0.2) is 42.7 Å². The van der Waals surface area contributed by atoms with Crippen LogP contribution in [0.3, 0.4) is 0 Å². The van der Waals surface area contributed by atoms with E-state index in [0.717, 1.165) is 22.1 Å². The van der Waals surface area contributed by atoms with Crippen molar-refractivity contribution in [3.8, 4) is 0 Å². The van der Waals surface area contributed by atoms with Crippen molar-refractivity contribution in [1.29, 1.82) is 0 Å². The molecule has 0 saturated carbocycles. The molecule has 0 saturated heterocycles. The minimum absolute atomic E-state index is 0.0512. The Hall–Kier alpha value is -2.99. The molecule has 0 fully saturated rings. The molecule has 0 aliphatic rings. The molecule has 0 spiro atoms. The molecule has 0 bridgehead atoms. The Kier molecular flexibility index (Phi) is 5.43. The van der Waals surface area contributed by atoms with E-state index in [2.05, 4.69) is 25.7 Å². The lowest BCUT2D eigenvalue weighted by Gasteiger charge is -2.05. The highest BCUT2D eigenvalue weighted by atomic mass is 35.5. The van der Waals surface area contributed by atoms with Crippen LogP contribution < -0.4 is 5.32 Å². The maximum atomic E-state index is 13.9. The van der Waals surface area contributed by atoms with E-state index in [9.17, 15) is 17.6 Å². The summed E-state index contributed by atoms with van der Waals surface area (Å²) in [5.74, 6) is 0.0252. The fourth-order valence-corrected chi connectivity index (χ4v) is 3.54. The van der Waals surface area contributed by atoms with Gasteiger partial charge in [-0.25, -0.2) is 4.39 Å². The van der Waals surface area contributed by atoms with Gasteiger partial charge in [0.05, 0.1) is 13.1 Å². The zero-order chi connectivity index (χ0) is 21.3. The van der Waals surface area contributed by atoms with Crippen LogP contribution in [0.1, 0.15) is 16.3 Å². The van der Waals surface area contributed by atoms with Crippen molar-refractivity contribution in [3.63, 3.8) is 0 Å². The monoisotopic (exact) mass is 457 g/mol. The summed E-state index contributed by atoms with van der Waals surface area (Å²) in [6, 6.07) is 7.01. The molecule has 0 unspecified atom stereocenters. The Morgan fingerprint density at radius 1 is 1.00 bits per heavy atom. The van der Waals surface area contributed by atoms with E-state index < -0.39 is 17.7 Å². The number of nitrogens with one attached hydrogen (secondary N) is 1. The van der Waals surface area contributed by atoms with E-state index in [0.29, 0.717) is 26.5 Å². The Morgan fingerprint density at radius 3 is 2.50 bits per heavy atom. The third kappa shape index (κ3) is 4.60. The minimum Gasteiger partial charge on any atom is -0.313 e. The summed E-state index contributed by atoms with van der Waals surface area (Å²) in [5.41, 5.74) is -0.643. The highest BCUT2D eigenvalue weighted by molar-refractivity contribution is 7.15. The molecule has 3 aromatic heterocycles. The minimum atomic E-state index is -4.50. The first kappa shape index (κ1) is 20.3. The number of benzene rings is 1. The van der Waals surface area contributed by atoms with E-state index in [1.807, 2.05) is 0 Å². The second-order valence-corrected chi connectivity index (χ2v) is 7.59. The predicted molar refractivity (Wildman–Crippen MR) is 102 cm³/mol. The van der Waals surface area contributed by atoms with Crippen molar-refractivity contribution in [2.45, 2.75) is 19.3 Å². The van der Waals surface area contributed by atoms with Crippen molar-refractivity contribution in [2.75, 3.05) is 5.32 Å². The zero-order valence-electron chi connectivity index (χ0n) is 14.9. The molecule has 1 aromatic carbocycles. The van der Waals surface area contributed by atoms with Gasteiger partial charge < -0.3 is 5.32 Å². The summed E-state index contributed by atoms with van der Waals surface area (Å²) in [4.78, 5) is 0. The highest BCUT2D eigenvalue weighted by Crippen LogP contribution is 2.28. The Balaban J connectivity index is 1.40. The van der Waals surface area contributed by atoms with Crippen LogP contribution in [0.25, 0.3) is 0 Å². The van der Waals surface area contributed by atoms with Crippen molar-refractivity contribution in [3.05, 3.63) is 69.8 Å². The molecule has 30 heavy (non-hydrogen) atoms. The number of halogens is 5. The van der Waals surface area contributed by atoms with Crippen molar-refractivity contribution < 1.29 is 17.6 Å². The Labute approximate surface area is 175 Å². The topological polar surface area (TPSA) is 73.5 Å². The van der Waals surface area contributed by atoms with Crippen molar-refractivity contribution in [1.82, 2.24) is 29.8 Å². The van der Waals surface area contributed by atoms with Gasteiger partial charge in [0, 0.05) is 29.0 Å². The van der Waals surface area contributed by atoms with Gasteiger partial charge in [0.15, 0.2) is 11.5 Å². The SMILES string of the molecule is Fc1cccc(Cl)c1Cn1ccc(Nc2nnc(Cn3ccc(C(F)(F)F)n3)s2)n1. The molecule has 1 N–H and O–H groups in total. The molecule has 7 nitrogen and oxygen atoms in total. The predicted octanol–water partition coefficient (Wildman–Crippen LogP) is 4.58. The molecular formula is C17H12ClF4N7S. The average molecular weight is 458 g/mol. The number of aromatic nitrogens is 6. The molecule has 13 heteroatoms. The highest BCUT2D eigenvalue weighted by Gasteiger charge is 2.33. The maximum Gasteiger partial charge on any atom is 0.435 e. The molecule has 156 valence electrons. The molecule has 3 heterocycles. The second-order valence-electron chi connectivity index (χ2n) is 6.12. The van der Waals surface area contributed by atoms with Gasteiger partial charge in [0.1, 0.15) is 10.8 Å². The van der Waals surface area contributed by atoms with E-state index in [4.69, 9.17) is 11.6 Å². The first-order valence-electron chi connectivity index (χ1n) is 8.44. The van der Waals surface area contributed by atoms with E-state index in [1.165, 1.54) is 23.0 Å². The van der Waals surface area contributed by atoms with Crippen LogP contribution in [0, 0.1) is 5.82 Å². The third-order valence-electron chi connectivity index (χ3n) is 3.95. The number of nitrogens with zero attached hydrogens (tertiary/aromatic N) is 6.